The fourth-order valence-corrected chi connectivity index (χ4v) is 4.02. The summed E-state index contributed by atoms with van der Waals surface area (Å²) < 4.78 is 11.3. The van der Waals surface area contributed by atoms with E-state index in [0.29, 0.717) is 32.0 Å². The highest BCUT2D eigenvalue weighted by molar-refractivity contribution is 7.21. The van der Waals surface area contributed by atoms with Crippen LogP contribution in [0.1, 0.15) is 15.2 Å². The molecule has 1 amide bonds. The Kier molecular flexibility index (Phi) is 5.66. The van der Waals surface area contributed by atoms with Crippen LogP contribution in [-0.4, -0.2) is 26.3 Å². The highest BCUT2D eigenvalue weighted by Gasteiger charge is 2.17. The van der Waals surface area contributed by atoms with Gasteiger partial charge in [-0.15, -0.1) is 11.3 Å². The maximum atomic E-state index is 12.4. The van der Waals surface area contributed by atoms with Gasteiger partial charge in [0.15, 0.2) is 0 Å². The number of carbonyl (C=O) groups excluding carboxylic acids is 1. The molecule has 0 aliphatic carbocycles. The van der Waals surface area contributed by atoms with Gasteiger partial charge in [0.05, 0.1) is 25.5 Å². The van der Waals surface area contributed by atoms with Crippen molar-refractivity contribution >= 4 is 56.7 Å². The van der Waals surface area contributed by atoms with Crippen LogP contribution < -0.4 is 14.9 Å². The lowest BCUT2D eigenvalue weighted by molar-refractivity contribution is 0.0959. The van der Waals surface area contributed by atoms with Crippen molar-refractivity contribution in [3.63, 3.8) is 0 Å². The molecular formula is C18H14Cl2N2O3S. The molecule has 2 aromatic carbocycles. The van der Waals surface area contributed by atoms with Crippen LogP contribution in [-0.2, 0) is 0 Å². The average molecular weight is 409 g/mol. The van der Waals surface area contributed by atoms with E-state index in [1.54, 1.807) is 50.6 Å². The SMILES string of the molecule is COc1ccc(OC)c(/C=N/NC(=O)c2sc3cc(Cl)ccc3c2Cl)c1. The van der Waals surface area contributed by atoms with Crippen LogP contribution in [0, 0.1) is 0 Å². The first-order chi connectivity index (χ1) is 12.5. The Labute approximate surface area is 164 Å². The predicted octanol–water partition coefficient (Wildman–Crippen LogP) is 4.99. The second-order valence-electron chi connectivity index (χ2n) is 5.19. The van der Waals surface area contributed by atoms with E-state index in [-0.39, 0.29) is 0 Å². The number of methoxy groups -OCH3 is 2. The molecule has 1 aromatic heterocycles. The molecule has 1 heterocycles. The number of thiophene rings is 1. The van der Waals surface area contributed by atoms with Gasteiger partial charge in [0.1, 0.15) is 16.4 Å². The molecule has 0 radical (unpaired) electrons. The molecule has 3 rings (SSSR count). The summed E-state index contributed by atoms with van der Waals surface area (Å²) in [4.78, 5) is 12.8. The number of fused-ring (bicyclic) bond motifs is 1. The average Bonchev–Trinajstić information content (AvgIpc) is 2.97. The first kappa shape index (κ1) is 18.5. The Morgan fingerprint density at radius 1 is 1.15 bits per heavy atom. The summed E-state index contributed by atoms with van der Waals surface area (Å²) in [7, 11) is 3.13. The van der Waals surface area contributed by atoms with Crippen molar-refractivity contribution in [2.24, 2.45) is 5.10 Å². The van der Waals surface area contributed by atoms with E-state index < -0.39 is 5.91 Å². The van der Waals surface area contributed by atoms with Gasteiger partial charge in [-0.25, -0.2) is 5.43 Å². The Morgan fingerprint density at radius 2 is 1.96 bits per heavy atom. The van der Waals surface area contributed by atoms with Gasteiger partial charge in [-0.1, -0.05) is 29.3 Å². The highest BCUT2D eigenvalue weighted by atomic mass is 35.5. The Morgan fingerprint density at radius 3 is 2.69 bits per heavy atom. The van der Waals surface area contributed by atoms with Crippen molar-refractivity contribution in [2.75, 3.05) is 14.2 Å². The van der Waals surface area contributed by atoms with Gasteiger partial charge in [0, 0.05) is 20.7 Å². The molecule has 0 fully saturated rings. The monoisotopic (exact) mass is 408 g/mol. The number of ether oxygens (including phenoxy) is 2. The van der Waals surface area contributed by atoms with Crippen LogP contribution in [0.3, 0.4) is 0 Å². The Bertz CT molecular complexity index is 1000. The topological polar surface area (TPSA) is 59.9 Å². The van der Waals surface area contributed by atoms with Crippen LogP contribution in [0.15, 0.2) is 41.5 Å². The molecule has 5 nitrogen and oxygen atoms in total. The minimum Gasteiger partial charge on any atom is -0.497 e. The normalized spacial score (nSPS) is 11.1. The number of hydrogen-bond donors (Lipinski definition) is 1. The summed E-state index contributed by atoms with van der Waals surface area (Å²) in [6.07, 6.45) is 1.48. The van der Waals surface area contributed by atoms with Gasteiger partial charge in [-0.2, -0.15) is 5.10 Å². The number of carbonyl (C=O) groups is 1. The Hall–Kier alpha value is -2.28. The minimum absolute atomic E-state index is 0.374. The molecule has 26 heavy (non-hydrogen) atoms. The van der Waals surface area contributed by atoms with E-state index in [4.69, 9.17) is 32.7 Å². The van der Waals surface area contributed by atoms with Crippen molar-refractivity contribution in [1.29, 1.82) is 0 Å². The summed E-state index contributed by atoms with van der Waals surface area (Å²) in [5.74, 6) is 0.867. The van der Waals surface area contributed by atoms with Crippen LogP contribution in [0.5, 0.6) is 11.5 Å². The molecule has 0 saturated carbocycles. The Balaban J connectivity index is 1.81. The zero-order valence-corrected chi connectivity index (χ0v) is 16.2. The van der Waals surface area contributed by atoms with Crippen LogP contribution in [0.4, 0.5) is 0 Å². The molecular weight excluding hydrogens is 395 g/mol. The van der Waals surface area contributed by atoms with Gasteiger partial charge in [0.25, 0.3) is 5.91 Å². The molecule has 0 aliphatic heterocycles. The summed E-state index contributed by atoms with van der Waals surface area (Å²) in [6, 6.07) is 10.6. The van der Waals surface area contributed by atoms with Crippen LogP contribution in [0.2, 0.25) is 10.0 Å². The summed E-state index contributed by atoms with van der Waals surface area (Å²) in [5, 5.41) is 5.75. The van der Waals surface area contributed by atoms with Crippen LogP contribution >= 0.6 is 34.5 Å². The number of benzene rings is 2. The first-order valence-electron chi connectivity index (χ1n) is 7.46. The standard InChI is InChI=1S/C18H14Cl2N2O3S/c1-24-12-4-6-14(25-2)10(7-12)9-21-22-18(23)17-16(20)13-5-3-11(19)8-15(13)26-17/h3-9H,1-2H3,(H,22,23)/b21-9+. The molecule has 0 bridgehead atoms. The number of halogens is 2. The second-order valence-corrected chi connectivity index (χ2v) is 7.06. The van der Waals surface area contributed by atoms with E-state index in [0.717, 1.165) is 10.1 Å². The fourth-order valence-electron chi connectivity index (χ4n) is 2.34. The van der Waals surface area contributed by atoms with Crippen molar-refractivity contribution < 1.29 is 14.3 Å². The third-order valence-corrected chi connectivity index (χ3v) is 5.50. The van der Waals surface area contributed by atoms with Gasteiger partial charge in [-0.05, 0) is 30.3 Å². The van der Waals surface area contributed by atoms with E-state index in [1.807, 2.05) is 0 Å². The number of nitrogens with zero attached hydrogens (tertiary/aromatic N) is 1. The van der Waals surface area contributed by atoms with Gasteiger partial charge < -0.3 is 9.47 Å². The molecule has 0 unspecified atom stereocenters. The number of hydrazone groups is 1. The minimum atomic E-state index is -0.398. The first-order valence-corrected chi connectivity index (χ1v) is 9.03. The lowest BCUT2D eigenvalue weighted by atomic mass is 10.2. The zero-order valence-electron chi connectivity index (χ0n) is 13.9. The van der Waals surface area contributed by atoms with Gasteiger partial charge in [-0.3, -0.25) is 4.79 Å². The molecule has 0 saturated heterocycles. The summed E-state index contributed by atoms with van der Waals surface area (Å²) in [5.41, 5.74) is 3.15. The van der Waals surface area contributed by atoms with E-state index in [1.165, 1.54) is 17.6 Å². The lowest BCUT2D eigenvalue weighted by Crippen LogP contribution is -2.16. The largest absolute Gasteiger partial charge is 0.497 e. The number of amides is 1. The molecule has 8 heteroatoms. The number of hydrogen-bond acceptors (Lipinski definition) is 5. The van der Waals surface area contributed by atoms with E-state index >= 15 is 0 Å². The van der Waals surface area contributed by atoms with E-state index in [2.05, 4.69) is 10.5 Å². The van der Waals surface area contributed by atoms with Gasteiger partial charge >= 0.3 is 0 Å². The zero-order chi connectivity index (χ0) is 18.7. The predicted molar refractivity (Wildman–Crippen MR) is 106 cm³/mol. The van der Waals surface area contributed by atoms with Crippen molar-refractivity contribution in [3.05, 3.63) is 56.9 Å². The van der Waals surface area contributed by atoms with Crippen LogP contribution in [0.25, 0.3) is 10.1 Å². The van der Waals surface area contributed by atoms with Crippen molar-refractivity contribution in [1.82, 2.24) is 5.43 Å². The number of rotatable bonds is 5. The quantitative estimate of drug-likeness (QED) is 0.477. The molecule has 0 aliphatic rings. The maximum absolute atomic E-state index is 12.4. The van der Waals surface area contributed by atoms with Crippen molar-refractivity contribution in [3.8, 4) is 11.5 Å². The third-order valence-electron chi connectivity index (χ3n) is 3.60. The van der Waals surface area contributed by atoms with E-state index in [9.17, 15) is 4.79 Å². The smallest absolute Gasteiger partial charge is 0.283 e. The lowest BCUT2D eigenvalue weighted by Gasteiger charge is -2.06. The molecule has 0 spiro atoms. The summed E-state index contributed by atoms with van der Waals surface area (Å²) in [6.45, 7) is 0. The van der Waals surface area contributed by atoms with Gasteiger partial charge in [0.2, 0.25) is 0 Å². The molecule has 134 valence electrons. The highest BCUT2D eigenvalue weighted by Crippen LogP contribution is 2.36. The fraction of sp³-hybridized carbons (Fsp3) is 0.111. The number of nitrogens with one attached hydrogen (secondary N) is 1. The summed E-state index contributed by atoms with van der Waals surface area (Å²) >= 11 is 13.5. The third kappa shape index (κ3) is 3.77. The molecule has 3 aromatic rings. The molecule has 1 N–H and O–H groups in total. The second kappa shape index (κ2) is 7.95. The maximum Gasteiger partial charge on any atom is 0.283 e. The van der Waals surface area contributed by atoms with Crippen molar-refractivity contribution in [2.45, 2.75) is 0 Å². The molecule has 0 atom stereocenters.